The number of aliphatic hydroxyl groups excluding tert-OH is 1. The summed E-state index contributed by atoms with van der Waals surface area (Å²) in [5.41, 5.74) is 5.82. The van der Waals surface area contributed by atoms with E-state index in [9.17, 15) is 33.9 Å². The summed E-state index contributed by atoms with van der Waals surface area (Å²) in [7, 11) is 1.49. The molecule has 0 aromatic carbocycles. The van der Waals surface area contributed by atoms with Gasteiger partial charge in [0, 0.05) is 39.0 Å². The average molecular weight is 712 g/mol. The summed E-state index contributed by atoms with van der Waals surface area (Å²) in [5, 5.41) is 15.2. The number of hydrazine groups is 2. The van der Waals surface area contributed by atoms with Crippen LogP contribution >= 0.6 is 11.6 Å². The van der Waals surface area contributed by atoms with Crippen LogP contribution in [0, 0.1) is 17.8 Å². The van der Waals surface area contributed by atoms with Crippen LogP contribution in [0.2, 0.25) is 0 Å². The molecule has 4 aliphatic rings. The van der Waals surface area contributed by atoms with E-state index in [-0.39, 0.29) is 44.8 Å². The van der Waals surface area contributed by atoms with Crippen LogP contribution in [0.3, 0.4) is 0 Å². The molecule has 15 nitrogen and oxygen atoms in total. The van der Waals surface area contributed by atoms with Crippen molar-refractivity contribution in [3.05, 3.63) is 0 Å². The van der Waals surface area contributed by atoms with Crippen molar-refractivity contribution < 1.29 is 38.6 Å². The fourth-order valence-corrected chi connectivity index (χ4v) is 7.24. The number of rotatable bonds is 5. The van der Waals surface area contributed by atoms with Gasteiger partial charge in [-0.1, -0.05) is 41.5 Å². The number of nitrogens with zero attached hydrogens (tertiary/aromatic N) is 4. The number of fused-ring (bicyclic) bond motifs is 3. The highest BCUT2D eigenvalue weighted by Crippen LogP contribution is 2.28. The van der Waals surface area contributed by atoms with Crippen molar-refractivity contribution in [2.75, 3.05) is 26.7 Å². The van der Waals surface area contributed by atoms with Crippen LogP contribution in [0.4, 0.5) is 0 Å². The van der Waals surface area contributed by atoms with Gasteiger partial charge in [-0.2, -0.15) is 0 Å². The molecular formula is C33H54ClN7O8. The van der Waals surface area contributed by atoms with Crippen molar-refractivity contribution >= 4 is 47.1 Å². The van der Waals surface area contributed by atoms with Gasteiger partial charge in [0.2, 0.25) is 17.7 Å². The molecule has 0 aromatic heterocycles. The largest absolute Gasteiger partial charge is 0.450 e. The summed E-state index contributed by atoms with van der Waals surface area (Å²) >= 11 is 6.52. The summed E-state index contributed by atoms with van der Waals surface area (Å²) in [6, 6.07) is -5.40. The van der Waals surface area contributed by atoms with E-state index in [4.69, 9.17) is 16.3 Å². The Hall–Kier alpha value is -3.01. The standard InChI is InChI=1S/C33H54ClN7O8/c1-8-19(6)27-32(47)41-24(13-20(34)15-35-41)31(46)40-25(14-21(42)16-36-40)29(44)38(7)23(12-17(2)3)30(45)39-11-9-10-22(39)28(43)37-26(18(4)5)33(48)49-27/h17-27,35-36,42H,8-16H2,1-7H3,(H,37,43)/t19-,20-,21-,22-,23+,24+,25-,26+,27-/m0/s1. The predicted molar refractivity (Wildman–Crippen MR) is 179 cm³/mol. The number of likely N-dealkylation sites (N-methyl/N-ethyl adjacent to an activating group) is 1. The molecule has 4 aliphatic heterocycles. The number of ether oxygens (including phenoxy) is 1. The van der Waals surface area contributed by atoms with Crippen LogP contribution in [0.25, 0.3) is 0 Å². The third-order valence-corrected chi connectivity index (χ3v) is 10.5. The number of β-amino-alcohol motifs (C(OH)–C–C–N with tert-alkyl or cyclic N) is 1. The Balaban J connectivity index is 1.84. The highest BCUT2D eigenvalue weighted by atomic mass is 35.5. The van der Waals surface area contributed by atoms with Gasteiger partial charge in [-0.15, -0.1) is 11.6 Å². The molecule has 0 bridgehead atoms. The van der Waals surface area contributed by atoms with E-state index in [1.54, 1.807) is 20.8 Å². The number of aliphatic hydroxyl groups is 1. The Bertz CT molecular complexity index is 1270. The fourth-order valence-electron chi connectivity index (χ4n) is 7.01. The van der Waals surface area contributed by atoms with Gasteiger partial charge < -0.3 is 25.0 Å². The van der Waals surface area contributed by atoms with E-state index in [0.717, 1.165) is 10.0 Å². The number of hydrogen-bond acceptors (Lipinski definition) is 10. The van der Waals surface area contributed by atoms with Gasteiger partial charge in [-0.25, -0.2) is 15.6 Å². The minimum absolute atomic E-state index is 0.0168. The predicted octanol–water partition coefficient (Wildman–Crippen LogP) is 0.142. The number of cyclic esters (lactones) is 1. The summed E-state index contributed by atoms with van der Waals surface area (Å²) in [6.45, 7) is 11.3. The molecule has 0 radical (unpaired) electrons. The van der Waals surface area contributed by atoms with Crippen LogP contribution < -0.4 is 16.2 Å². The number of carbonyl (C=O) groups is 6. The zero-order valence-corrected chi connectivity index (χ0v) is 30.4. The number of esters is 1. The number of carbonyl (C=O) groups excluding carboxylic acids is 6. The maximum absolute atomic E-state index is 14.4. The highest BCUT2D eigenvalue weighted by Gasteiger charge is 2.49. The van der Waals surface area contributed by atoms with Gasteiger partial charge in [0.1, 0.15) is 30.2 Å². The molecule has 49 heavy (non-hydrogen) atoms. The summed E-state index contributed by atoms with van der Waals surface area (Å²) in [6.07, 6.45) is -0.714. The first kappa shape index (κ1) is 38.8. The first-order valence-corrected chi connectivity index (χ1v) is 18.0. The quantitative estimate of drug-likeness (QED) is 0.226. The van der Waals surface area contributed by atoms with Crippen LogP contribution in [0.1, 0.15) is 80.1 Å². The average Bonchev–Trinajstić information content (AvgIpc) is 3.56. The molecule has 4 fully saturated rings. The Morgan fingerprint density at radius 1 is 0.878 bits per heavy atom. The second-order valence-corrected chi connectivity index (χ2v) is 15.3. The lowest BCUT2D eigenvalue weighted by atomic mass is 9.96. The zero-order chi connectivity index (χ0) is 36.3. The zero-order valence-electron chi connectivity index (χ0n) is 29.7. The van der Waals surface area contributed by atoms with Gasteiger partial charge in [-0.3, -0.25) is 34.0 Å². The minimum atomic E-state index is -1.31. The van der Waals surface area contributed by atoms with Gasteiger partial charge >= 0.3 is 5.97 Å². The van der Waals surface area contributed by atoms with Crippen molar-refractivity contribution in [3.8, 4) is 0 Å². The number of hydrogen-bond donors (Lipinski definition) is 4. The van der Waals surface area contributed by atoms with Crippen molar-refractivity contribution in [1.29, 1.82) is 0 Å². The lowest BCUT2D eigenvalue weighted by molar-refractivity contribution is -0.175. The summed E-state index contributed by atoms with van der Waals surface area (Å²) in [4.78, 5) is 87.7. The topological polar surface area (TPSA) is 181 Å². The second-order valence-electron chi connectivity index (χ2n) is 14.7. The SMILES string of the molecule is CC[C@H](C)[C@@H]1OC(=O)[C@@H](C(C)C)NC(=O)[C@@H]2CCCN2C(=O)[C@@H](CC(C)C)N(C)C(=O)[C@@H]2C[C@H](O)CNN2C(=O)[C@H]2C[C@H](Cl)CNN2C1=O. The molecule has 4 heterocycles. The lowest BCUT2D eigenvalue weighted by Crippen LogP contribution is -2.70. The number of halogens is 1. The molecule has 276 valence electrons. The normalized spacial score (nSPS) is 33.5. The Morgan fingerprint density at radius 3 is 2.14 bits per heavy atom. The molecule has 16 heteroatoms. The van der Waals surface area contributed by atoms with Crippen LogP contribution in [0.15, 0.2) is 0 Å². The first-order chi connectivity index (χ1) is 23.1. The summed E-state index contributed by atoms with van der Waals surface area (Å²) in [5.74, 6) is -4.52. The van der Waals surface area contributed by atoms with E-state index in [1.165, 1.54) is 16.8 Å². The van der Waals surface area contributed by atoms with E-state index in [2.05, 4.69) is 16.2 Å². The van der Waals surface area contributed by atoms with E-state index in [0.29, 0.717) is 19.3 Å². The monoisotopic (exact) mass is 711 g/mol. The first-order valence-electron chi connectivity index (χ1n) is 17.6. The Morgan fingerprint density at radius 2 is 1.51 bits per heavy atom. The lowest BCUT2D eigenvalue weighted by Gasteiger charge is -2.45. The summed E-state index contributed by atoms with van der Waals surface area (Å²) < 4.78 is 5.91. The minimum Gasteiger partial charge on any atom is -0.450 e. The molecule has 4 N–H and O–H groups in total. The molecule has 0 aromatic rings. The number of alkyl halides is 1. The number of amides is 5. The molecule has 0 aliphatic carbocycles. The Kier molecular flexibility index (Phi) is 12.9. The van der Waals surface area contributed by atoms with Gasteiger partial charge in [-0.05, 0) is 43.9 Å². The third kappa shape index (κ3) is 8.49. The van der Waals surface area contributed by atoms with Crippen molar-refractivity contribution in [3.63, 3.8) is 0 Å². The fraction of sp³-hybridized carbons (Fsp3) is 0.818. The highest BCUT2D eigenvalue weighted by molar-refractivity contribution is 6.21. The van der Waals surface area contributed by atoms with E-state index in [1.807, 2.05) is 20.8 Å². The van der Waals surface area contributed by atoms with Crippen LogP contribution in [-0.4, -0.2) is 135 Å². The molecule has 5 amide bonds. The van der Waals surface area contributed by atoms with E-state index >= 15 is 0 Å². The molecule has 0 saturated carbocycles. The van der Waals surface area contributed by atoms with E-state index < -0.39 is 95.1 Å². The molecule has 0 unspecified atom stereocenters. The molecule has 4 rings (SSSR count). The van der Waals surface area contributed by atoms with Crippen molar-refractivity contribution in [2.45, 2.75) is 128 Å². The molecule has 0 spiro atoms. The van der Waals surface area contributed by atoms with Gasteiger partial charge in [0.15, 0.2) is 6.10 Å². The number of nitrogens with one attached hydrogen (secondary N) is 3. The molecule has 4 saturated heterocycles. The second kappa shape index (κ2) is 16.3. The smallest absolute Gasteiger partial charge is 0.329 e. The molecule has 9 atom stereocenters. The van der Waals surface area contributed by atoms with Gasteiger partial charge in [0.05, 0.1) is 11.5 Å². The third-order valence-electron chi connectivity index (χ3n) is 10.1. The van der Waals surface area contributed by atoms with Crippen molar-refractivity contribution in [2.24, 2.45) is 17.8 Å². The maximum atomic E-state index is 14.4. The molecular weight excluding hydrogens is 658 g/mol. The van der Waals surface area contributed by atoms with Crippen LogP contribution in [0.5, 0.6) is 0 Å². The van der Waals surface area contributed by atoms with Crippen molar-refractivity contribution in [1.82, 2.24) is 36.0 Å². The van der Waals surface area contributed by atoms with Gasteiger partial charge in [0.25, 0.3) is 11.8 Å². The van der Waals surface area contributed by atoms with Crippen LogP contribution in [-0.2, 0) is 33.5 Å². The maximum Gasteiger partial charge on any atom is 0.329 e. The Labute approximate surface area is 293 Å².